The maximum absolute atomic E-state index is 11.7. The third-order valence-corrected chi connectivity index (χ3v) is 3.52. The third-order valence-electron chi connectivity index (χ3n) is 2.14. The Kier molecular flexibility index (Phi) is 2.77. The normalized spacial score (nSPS) is 20.3. The van der Waals surface area contributed by atoms with Gasteiger partial charge in [-0.1, -0.05) is 42.1 Å². The Hall–Kier alpha value is -1.29. The molecule has 0 aliphatic carbocycles. The van der Waals surface area contributed by atoms with Crippen LogP contribution in [0.2, 0.25) is 0 Å². The molecule has 0 unspecified atom stereocenters. The minimum absolute atomic E-state index is 0.0603. The Morgan fingerprint density at radius 1 is 1.27 bits per heavy atom. The number of hydrogen-bond donors (Lipinski definition) is 0. The number of benzene rings is 1. The van der Waals surface area contributed by atoms with E-state index in [0.717, 1.165) is 10.7 Å². The van der Waals surface area contributed by atoms with Crippen molar-refractivity contribution in [1.82, 2.24) is 4.90 Å². The monoisotopic (exact) mass is 220 g/mol. The highest BCUT2D eigenvalue weighted by Gasteiger charge is 2.30. The average molecular weight is 220 g/mol. The van der Waals surface area contributed by atoms with E-state index in [9.17, 15) is 4.79 Å². The molecule has 0 N–H and O–H groups in total. The molecule has 15 heavy (non-hydrogen) atoms. The van der Waals surface area contributed by atoms with E-state index < -0.39 is 0 Å². The molecule has 2 rings (SSSR count). The van der Waals surface area contributed by atoms with Gasteiger partial charge >= 0.3 is 0 Å². The lowest BCUT2D eigenvalue weighted by molar-refractivity contribution is -0.117. The van der Waals surface area contributed by atoms with E-state index in [1.54, 1.807) is 0 Å². The van der Waals surface area contributed by atoms with Crippen LogP contribution >= 0.6 is 11.8 Å². The molecule has 0 saturated heterocycles. The Bertz CT molecular complexity index is 400. The molecule has 1 aliphatic heterocycles. The Morgan fingerprint density at radius 3 is 2.47 bits per heavy atom. The minimum atomic E-state index is -0.163. The van der Waals surface area contributed by atoms with Gasteiger partial charge in [-0.15, -0.1) is 0 Å². The highest BCUT2D eigenvalue weighted by molar-refractivity contribution is 8.15. The van der Waals surface area contributed by atoms with Crippen LogP contribution in [0.25, 0.3) is 0 Å². The third kappa shape index (κ3) is 2.04. The maximum atomic E-state index is 11.7. The molecule has 1 aliphatic rings. The molecule has 0 spiro atoms. The highest BCUT2D eigenvalue weighted by atomic mass is 32.2. The summed E-state index contributed by atoms with van der Waals surface area (Å²) in [7, 11) is 3.79. The van der Waals surface area contributed by atoms with Crippen LogP contribution in [-0.4, -0.2) is 30.1 Å². The highest BCUT2D eigenvalue weighted by Crippen LogP contribution is 2.36. The molecule has 1 aromatic carbocycles. The molecule has 4 heteroatoms. The number of hydrogen-bond acceptors (Lipinski definition) is 3. The van der Waals surface area contributed by atoms with Gasteiger partial charge in [0.1, 0.15) is 5.25 Å². The number of nitrogens with zero attached hydrogens (tertiary/aromatic N) is 2. The van der Waals surface area contributed by atoms with Gasteiger partial charge in [0.15, 0.2) is 5.17 Å². The lowest BCUT2D eigenvalue weighted by Crippen LogP contribution is -2.16. The predicted molar refractivity (Wildman–Crippen MR) is 62.9 cm³/mol. The number of carbonyl (C=O) groups is 1. The van der Waals surface area contributed by atoms with Gasteiger partial charge in [0.05, 0.1) is 0 Å². The summed E-state index contributed by atoms with van der Waals surface area (Å²) >= 11 is 1.51. The second kappa shape index (κ2) is 4.06. The van der Waals surface area contributed by atoms with E-state index in [1.807, 2.05) is 49.3 Å². The number of rotatable bonds is 1. The van der Waals surface area contributed by atoms with Crippen LogP contribution in [-0.2, 0) is 4.79 Å². The van der Waals surface area contributed by atoms with Crippen molar-refractivity contribution in [3.63, 3.8) is 0 Å². The van der Waals surface area contributed by atoms with Crippen LogP contribution in [0.3, 0.4) is 0 Å². The molecular formula is C11H12N2OS. The van der Waals surface area contributed by atoms with Crippen molar-refractivity contribution in [2.75, 3.05) is 14.1 Å². The Morgan fingerprint density at radius 2 is 1.93 bits per heavy atom. The molecule has 0 saturated carbocycles. The van der Waals surface area contributed by atoms with Crippen LogP contribution < -0.4 is 0 Å². The first-order valence-corrected chi connectivity index (χ1v) is 5.58. The van der Waals surface area contributed by atoms with Crippen LogP contribution in [0, 0.1) is 0 Å². The van der Waals surface area contributed by atoms with Gasteiger partial charge in [-0.05, 0) is 5.56 Å². The first kappa shape index (κ1) is 10.2. The van der Waals surface area contributed by atoms with Crippen LogP contribution in [0.5, 0.6) is 0 Å². The van der Waals surface area contributed by atoms with Gasteiger partial charge in [0.25, 0.3) is 5.91 Å². The molecular weight excluding hydrogens is 208 g/mol. The fraction of sp³-hybridized carbons (Fsp3) is 0.273. The predicted octanol–water partition coefficient (Wildman–Crippen LogP) is 1.92. The van der Waals surface area contributed by atoms with E-state index >= 15 is 0 Å². The summed E-state index contributed by atoms with van der Waals surface area (Å²) in [5.41, 5.74) is 1.02. The smallest absolute Gasteiger partial charge is 0.266 e. The molecule has 1 atom stereocenters. The maximum Gasteiger partial charge on any atom is 0.266 e. The molecule has 1 amide bonds. The first-order valence-electron chi connectivity index (χ1n) is 4.70. The molecule has 0 radical (unpaired) electrons. The largest absolute Gasteiger partial charge is 0.357 e. The number of carbonyl (C=O) groups excluding carboxylic acids is 1. The zero-order valence-corrected chi connectivity index (χ0v) is 9.49. The molecule has 0 bridgehead atoms. The summed E-state index contributed by atoms with van der Waals surface area (Å²) in [5.74, 6) is -0.0603. The molecule has 1 aromatic rings. The summed E-state index contributed by atoms with van der Waals surface area (Å²) in [6.07, 6.45) is 0. The topological polar surface area (TPSA) is 32.7 Å². The van der Waals surface area contributed by atoms with E-state index in [1.165, 1.54) is 11.8 Å². The SMILES string of the molecule is CN(C)C1=NC(=O)[C@H](c2ccccc2)S1. The summed E-state index contributed by atoms with van der Waals surface area (Å²) in [5, 5.41) is 0.623. The van der Waals surface area contributed by atoms with E-state index in [4.69, 9.17) is 0 Å². The molecule has 78 valence electrons. The van der Waals surface area contributed by atoms with Crippen molar-refractivity contribution in [3.05, 3.63) is 35.9 Å². The van der Waals surface area contributed by atoms with Crippen LogP contribution in [0.15, 0.2) is 35.3 Å². The summed E-state index contributed by atoms with van der Waals surface area (Å²) in [6, 6.07) is 9.75. The average Bonchev–Trinajstić information content (AvgIpc) is 2.62. The Balaban J connectivity index is 2.20. The van der Waals surface area contributed by atoms with Gasteiger partial charge in [-0.2, -0.15) is 4.99 Å². The quantitative estimate of drug-likeness (QED) is 0.725. The van der Waals surface area contributed by atoms with Crippen molar-refractivity contribution in [2.45, 2.75) is 5.25 Å². The second-order valence-electron chi connectivity index (χ2n) is 3.54. The standard InChI is InChI=1S/C11H12N2OS/c1-13(2)11-12-10(14)9(15-11)8-6-4-3-5-7-8/h3-7,9H,1-2H3/t9-/m0/s1. The van der Waals surface area contributed by atoms with Crippen molar-refractivity contribution in [3.8, 4) is 0 Å². The van der Waals surface area contributed by atoms with Gasteiger partial charge < -0.3 is 4.90 Å². The van der Waals surface area contributed by atoms with Crippen molar-refractivity contribution < 1.29 is 4.79 Å². The van der Waals surface area contributed by atoms with Crippen LogP contribution in [0.1, 0.15) is 10.8 Å². The molecule has 0 fully saturated rings. The molecule has 0 aromatic heterocycles. The fourth-order valence-electron chi connectivity index (χ4n) is 1.38. The molecule has 3 nitrogen and oxygen atoms in total. The lowest BCUT2D eigenvalue weighted by Gasteiger charge is -2.11. The summed E-state index contributed by atoms with van der Waals surface area (Å²) < 4.78 is 0. The second-order valence-corrected chi connectivity index (χ2v) is 4.61. The lowest BCUT2D eigenvalue weighted by atomic mass is 10.1. The first-order chi connectivity index (χ1) is 7.18. The van der Waals surface area contributed by atoms with Gasteiger partial charge in [0.2, 0.25) is 0 Å². The van der Waals surface area contributed by atoms with Crippen molar-refractivity contribution in [2.24, 2.45) is 4.99 Å². The van der Waals surface area contributed by atoms with Gasteiger partial charge in [-0.25, -0.2) is 0 Å². The van der Waals surface area contributed by atoms with E-state index in [-0.39, 0.29) is 11.2 Å². The van der Waals surface area contributed by atoms with Gasteiger partial charge in [-0.3, -0.25) is 4.79 Å². The minimum Gasteiger partial charge on any atom is -0.357 e. The summed E-state index contributed by atoms with van der Waals surface area (Å²) in [4.78, 5) is 17.5. The number of amides is 1. The van der Waals surface area contributed by atoms with Crippen LogP contribution in [0.4, 0.5) is 0 Å². The van der Waals surface area contributed by atoms with E-state index in [0.29, 0.717) is 0 Å². The van der Waals surface area contributed by atoms with Crippen molar-refractivity contribution >= 4 is 22.8 Å². The zero-order chi connectivity index (χ0) is 10.8. The number of aliphatic imine (C=N–C) groups is 1. The fourth-order valence-corrected chi connectivity index (χ4v) is 2.39. The number of thioether (sulfide) groups is 1. The van der Waals surface area contributed by atoms with Gasteiger partial charge in [0, 0.05) is 14.1 Å². The number of amidine groups is 1. The van der Waals surface area contributed by atoms with Crippen molar-refractivity contribution in [1.29, 1.82) is 0 Å². The van der Waals surface area contributed by atoms with E-state index in [2.05, 4.69) is 4.99 Å². The molecule has 1 heterocycles. The summed E-state index contributed by atoms with van der Waals surface area (Å²) in [6.45, 7) is 0. The Labute approximate surface area is 93.2 Å². The zero-order valence-electron chi connectivity index (χ0n) is 8.68.